The summed E-state index contributed by atoms with van der Waals surface area (Å²) in [4.78, 5) is 34.2. The summed E-state index contributed by atoms with van der Waals surface area (Å²) in [6.45, 7) is 0.574. The first-order valence-corrected chi connectivity index (χ1v) is 8.43. The number of fused-ring (bicyclic) bond motifs is 1. The van der Waals surface area contributed by atoms with E-state index in [0.717, 1.165) is 36.6 Å². The summed E-state index contributed by atoms with van der Waals surface area (Å²) in [5, 5.41) is 4.74. The zero-order valence-electron chi connectivity index (χ0n) is 13.6. The van der Waals surface area contributed by atoms with Crippen molar-refractivity contribution in [2.24, 2.45) is 0 Å². The highest BCUT2D eigenvalue weighted by atomic mass is 16.5. The number of hydrogen-bond donors (Lipinski definition) is 1. The highest BCUT2D eigenvalue weighted by molar-refractivity contribution is 5.97. The van der Waals surface area contributed by atoms with Gasteiger partial charge in [-0.1, -0.05) is 36.2 Å². The number of carbonyl (C=O) groups excluding carboxylic acids is 1. The van der Waals surface area contributed by atoms with Crippen LogP contribution in [0.1, 0.15) is 47.9 Å². The van der Waals surface area contributed by atoms with Crippen LogP contribution in [0.25, 0.3) is 10.9 Å². The van der Waals surface area contributed by atoms with E-state index in [-0.39, 0.29) is 23.1 Å². The van der Waals surface area contributed by atoms with Crippen molar-refractivity contribution in [1.29, 1.82) is 0 Å². The fourth-order valence-electron chi connectivity index (χ4n) is 3.41. The number of amides is 1. The molecule has 128 valence electrons. The van der Waals surface area contributed by atoms with E-state index in [1.165, 1.54) is 6.39 Å². The van der Waals surface area contributed by atoms with Gasteiger partial charge >= 0.3 is 0 Å². The molecule has 1 aromatic carbocycles. The van der Waals surface area contributed by atoms with Crippen LogP contribution in [0.3, 0.4) is 0 Å². The van der Waals surface area contributed by atoms with Crippen LogP contribution < -0.4 is 5.56 Å². The average Bonchev–Trinajstić information content (AvgIpc) is 3.05. The molecule has 1 N–H and O–H groups in total. The summed E-state index contributed by atoms with van der Waals surface area (Å²) < 4.78 is 4.86. The first kappa shape index (κ1) is 15.6. The van der Waals surface area contributed by atoms with E-state index < -0.39 is 0 Å². The number of likely N-dealkylation sites (tertiary alicyclic amines) is 1. The van der Waals surface area contributed by atoms with Crippen LogP contribution >= 0.6 is 0 Å². The van der Waals surface area contributed by atoms with Gasteiger partial charge in [-0.2, -0.15) is 4.98 Å². The SMILES string of the molecule is O=C(c1cc2ccccc2[nH]c1=O)N1CCCCC[C@@H]1c1ncon1. The molecule has 25 heavy (non-hydrogen) atoms. The number of nitrogens with one attached hydrogen (secondary N) is 1. The van der Waals surface area contributed by atoms with Crippen LogP contribution in [0.4, 0.5) is 0 Å². The van der Waals surface area contributed by atoms with Gasteiger partial charge < -0.3 is 14.4 Å². The molecule has 1 aliphatic heterocycles. The van der Waals surface area contributed by atoms with Crippen LogP contribution in [-0.2, 0) is 0 Å². The first-order valence-electron chi connectivity index (χ1n) is 8.43. The molecule has 0 saturated carbocycles. The number of hydrogen-bond acceptors (Lipinski definition) is 5. The quantitative estimate of drug-likeness (QED) is 0.775. The van der Waals surface area contributed by atoms with Crippen molar-refractivity contribution in [2.45, 2.75) is 31.7 Å². The topological polar surface area (TPSA) is 92.1 Å². The second kappa shape index (κ2) is 6.51. The van der Waals surface area contributed by atoms with E-state index in [1.54, 1.807) is 11.0 Å². The van der Waals surface area contributed by atoms with Gasteiger partial charge in [0.25, 0.3) is 11.5 Å². The van der Waals surface area contributed by atoms with E-state index in [2.05, 4.69) is 15.1 Å². The largest absolute Gasteiger partial charge is 0.343 e. The average molecular weight is 338 g/mol. The van der Waals surface area contributed by atoms with E-state index in [9.17, 15) is 9.59 Å². The molecule has 1 atom stereocenters. The van der Waals surface area contributed by atoms with Crippen LogP contribution in [0, 0.1) is 0 Å². The van der Waals surface area contributed by atoms with Gasteiger partial charge in [0.05, 0.1) is 6.04 Å². The van der Waals surface area contributed by atoms with Crippen molar-refractivity contribution < 1.29 is 9.32 Å². The Labute approximate surface area is 143 Å². The Kier molecular flexibility index (Phi) is 4.05. The molecule has 1 saturated heterocycles. The minimum atomic E-state index is -0.375. The number of para-hydroxylation sites is 1. The smallest absolute Gasteiger partial charge is 0.261 e. The molecule has 3 aromatic rings. The van der Waals surface area contributed by atoms with Gasteiger partial charge in [0.2, 0.25) is 6.39 Å². The fraction of sp³-hybridized carbons (Fsp3) is 0.333. The molecule has 3 heterocycles. The summed E-state index contributed by atoms with van der Waals surface area (Å²) in [7, 11) is 0. The number of benzene rings is 1. The van der Waals surface area contributed by atoms with Crippen LogP contribution in [0.2, 0.25) is 0 Å². The number of H-pyrrole nitrogens is 1. The van der Waals surface area contributed by atoms with E-state index in [1.807, 2.05) is 24.3 Å². The zero-order chi connectivity index (χ0) is 17.2. The number of aromatic nitrogens is 3. The van der Waals surface area contributed by atoms with E-state index in [4.69, 9.17) is 4.52 Å². The maximum Gasteiger partial charge on any atom is 0.261 e. The normalized spacial score (nSPS) is 18.2. The third-order valence-electron chi connectivity index (χ3n) is 4.67. The molecule has 7 nitrogen and oxygen atoms in total. The van der Waals surface area contributed by atoms with Crippen molar-refractivity contribution in [3.8, 4) is 0 Å². The molecule has 0 unspecified atom stereocenters. The monoisotopic (exact) mass is 338 g/mol. The summed E-state index contributed by atoms with van der Waals surface area (Å²) >= 11 is 0. The second-order valence-electron chi connectivity index (χ2n) is 6.25. The Morgan fingerprint density at radius 3 is 2.96 bits per heavy atom. The summed E-state index contributed by atoms with van der Waals surface area (Å²) in [5.74, 6) is 0.205. The molecule has 1 aliphatic rings. The molecule has 0 aliphatic carbocycles. The molecule has 0 bridgehead atoms. The molecule has 0 spiro atoms. The van der Waals surface area contributed by atoms with Gasteiger partial charge in [-0.3, -0.25) is 9.59 Å². The second-order valence-corrected chi connectivity index (χ2v) is 6.25. The maximum absolute atomic E-state index is 13.1. The highest BCUT2D eigenvalue weighted by Gasteiger charge is 2.31. The number of aromatic amines is 1. The molecule has 7 heteroatoms. The lowest BCUT2D eigenvalue weighted by Gasteiger charge is -2.27. The molecule has 4 rings (SSSR count). The number of rotatable bonds is 2. The lowest BCUT2D eigenvalue weighted by Crippen LogP contribution is -2.38. The minimum absolute atomic E-state index is 0.147. The van der Waals surface area contributed by atoms with Crippen LogP contribution in [0.5, 0.6) is 0 Å². The Balaban J connectivity index is 1.75. The molecule has 1 fully saturated rings. The Morgan fingerprint density at radius 2 is 2.12 bits per heavy atom. The lowest BCUT2D eigenvalue weighted by molar-refractivity contribution is 0.0668. The van der Waals surface area contributed by atoms with Crippen molar-refractivity contribution in [3.63, 3.8) is 0 Å². The highest BCUT2D eigenvalue weighted by Crippen LogP contribution is 2.29. The van der Waals surface area contributed by atoms with Gasteiger partial charge in [-0.25, -0.2) is 0 Å². The van der Waals surface area contributed by atoms with Gasteiger partial charge in [0.1, 0.15) is 5.56 Å². The zero-order valence-corrected chi connectivity index (χ0v) is 13.6. The fourth-order valence-corrected chi connectivity index (χ4v) is 3.41. The summed E-state index contributed by atoms with van der Waals surface area (Å²) in [6.07, 6.45) is 4.94. The Hall–Kier alpha value is -2.96. The summed E-state index contributed by atoms with van der Waals surface area (Å²) in [5.41, 5.74) is 0.489. The van der Waals surface area contributed by atoms with Crippen LogP contribution in [0.15, 0.2) is 46.0 Å². The standard InChI is InChI=1S/C18H18N4O3/c23-17-13(10-12-6-3-4-7-14(12)20-17)18(24)22-9-5-1-2-8-15(22)16-19-11-25-21-16/h3-4,6-7,10-11,15H,1-2,5,8-9H2,(H,20,23)/t15-/m1/s1. The van der Waals surface area contributed by atoms with Gasteiger partial charge in [0.15, 0.2) is 5.82 Å². The third kappa shape index (κ3) is 2.93. The molecular weight excluding hydrogens is 320 g/mol. The minimum Gasteiger partial charge on any atom is -0.343 e. The number of nitrogens with zero attached hydrogens (tertiary/aromatic N) is 3. The summed E-state index contributed by atoms with van der Waals surface area (Å²) in [6, 6.07) is 8.82. The predicted molar refractivity (Wildman–Crippen MR) is 91.1 cm³/mol. The third-order valence-corrected chi connectivity index (χ3v) is 4.67. The van der Waals surface area contributed by atoms with Crippen molar-refractivity contribution in [3.05, 3.63) is 58.5 Å². The first-order chi connectivity index (χ1) is 12.2. The molecule has 0 radical (unpaired) electrons. The molecular formula is C18H18N4O3. The van der Waals surface area contributed by atoms with Gasteiger partial charge in [-0.05, 0) is 30.4 Å². The Bertz CT molecular complexity index is 948. The van der Waals surface area contributed by atoms with Crippen molar-refractivity contribution in [1.82, 2.24) is 20.0 Å². The Morgan fingerprint density at radius 1 is 1.24 bits per heavy atom. The van der Waals surface area contributed by atoms with Crippen molar-refractivity contribution >= 4 is 16.8 Å². The van der Waals surface area contributed by atoms with Crippen molar-refractivity contribution in [2.75, 3.05) is 6.54 Å². The van der Waals surface area contributed by atoms with Crippen LogP contribution in [-0.4, -0.2) is 32.5 Å². The number of pyridine rings is 1. The predicted octanol–water partition coefficient (Wildman–Crippen LogP) is 2.67. The van der Waals surface area contributed by atoms with Gasteiger partial charge in [-0.15, -0.1) is 0 Å². The molecule has 2 aromatic heterocycles. The molecule has 1 amide bonds. The van der Waals surface area contributed by atoms with E-state index in [0.29, 0.717) is 12.4 Å². The van der Waals surface area contributed by atoms with E-state index >= 15 is 0 Å². The van der Waals surface area contributed by atoms with Gasteiger partial charge in [0, 0.05) is 12.1 Å². The lowest BCUT2D eigenvalue weighted by atomic mass is 10.1. The maximum atomic E-state index is 13.1. The number of carbonyl (C=O) groups is 1.